The van der Waals surface area contributed by atoms with Crippen molar-refractivity contribution in [3.63, 3.8) is 0 Å². The lowest BCUT2D eigenvalue weighted by Crippen LogP contribution is -3.12. The zero-order chi connectivity index (χ0) is 20.4. The van der Waals surface area contributed by atoms with Crippen molar-refractivity contribution in [1.29, 1.82) is 0 Å². The van der Waals surface area contributed by atoms with Crippen LogP contribution in [0.25, 0.3) is 10.9 Å². The Morgan fingerprint density at radius 3 is 2.59 bits per heavy atom. The van der Waals surface area contributed by atoms with E-state index >= 15 is 0 Å². The molecule has 0 aliphatic carbocycles. The van der Waals surface area contributed by atoms with Crippen LogP contribution in [0.15, 0.2) is 57.2 Å². The molecule has 0 saturated carbocycles. The number of amides is 1. The van der Waals surface area contributed by atoms with E-state index in [-0.39, 0.29) is 5.88 Å². The zero-order valence-electron chi connectivity index (χ0n) is 16.4. The fraction of sp³-hybridized carbons (Fsp3) is 0.318. The number of rotatable bonds is 4. The number of nitrogens with one attached hydrogen (secondary N) is 1. The van der Waals surface area contributed by atoms with E-state index in [1.54, 1.807) is 12.1 Å². The minimum Gasteiger partial charge on any atom is -0.493 e. The van der Waals surface area contributed by atoms with Gasteiger partial charge in [0.15, 0.2) is 12.4 Å². The first-order valence-corrected chi connectivity index (χ1v) is 10.7. The molecule has 0 atom stereocenters. The average Bonchev–Trinajstić information content (AvgIpc) is 2.98. The molecule has 29 heavy (non-hydrogen) atoms. The largest absolute Gasteiger partial charge is 0.493 e. The Morgan fingerprint density at radius 1 is 1.14 bits per heavy atom. The van der Waals surface area contributed by atoms with Gasteiger partial charge in [-0.25, -0.2) is 0 Å². The highest BCUT2D eigenvalue weighted by Crippen LogP contribution is 2.39. The van der Waals surface area contributed by atoms with Crippen molar-refractivity contribution in [2.24, 2.45) is 10.2 Å². The Bertz CT molecular complexity index is 1070. The summed E-state index contributed by atoms with van der Waals surface area (Å²) in [5.41, 5.74) is 2.77. The number of piperidine rings is 1. The van der Waals surface area contributed by atoms with E-state index in [2.05, 4.69) is 26.2 Å². The van der Waals surface area contributed by atoms with Crippen LogP contribution in [-0.2, 0) is 6.67 Å². The van der Waals surface area contributed by atoms with Crippen molar-refractivity contribution in [2.75, 3.05) is 13.1 Å². The highest BCUT2D eigenvalue weighted by molar-refractivity contribution is 9.10. The minimum atomic E-state index is -0.429. The summed E-state index contributed by atoms with van der Waals surface area (Å²) >= 11 is 3.49. The summed E-state index contributed by atoms with van der Waals surface area (Å²) in [6.45, 7) is 4.83. The number of hydrogen-bond donors (Lipinski definition) is 2. The first-order chi connectivity index (χ1) is 14.0. The molecule has 6 nitrogen and oxygen atoms in total. The predicted octanol–water partition coefficient (Wildman–Crippen LogP) is 4.37. The Morgan fingerprint density at radius 2 is 1.86 bits per heavy atom. The summed E-state index contributed by atoms with van der Waals surface area (Å²) in [6.07, 6.45) is 3.69. The molecule has 1 amide bonds. The number of likely N-dealkylation sites (tertiary alicyclic amines) is 1. The smallest absolute Gasteiger partial charge is 0.295 e. The van der Waals surface area contributed by atoms with Gasteiger partial charge in [-0.1, -0.05) is 33.6 Å². The topological polar surface area (TPSA) is 71.4 Å². The van der Waals surface area contributed by atoms with Crippen LogP contribution >= 0.6 is 15.9 Å². The fourth-order valence-electron chi connectivity index (χ4n) is 3.84. The Balaban J connectivity index is 1.69. The number of fused-ring (bicyclic) bond motifs is 1. The summed E-state index contributed by atoms with van der Waals surface area (Å²) in [5, 5.41) is 19.7. The van der Waals surface area contributed by atoms with Gasteiger partial charge in [-0.2, -0.15) is 0 Å². The van der Waals surface area contributed by atoms with E-state index in [1.807, 2.05) is 41.8 Å². The van der Waals surface area contributed by atoms with Crippen LogP contribution in [0.4, 0.5) is 5.69 Å². The van der Waals surface area contributed by atoms with Gasteiger partial charge in [0.1, 0.15) is 0 Å². The molecule has 1 aliphatic heterocycles. The van der Waals surface area contributed by atoms with Crippen LogP contribution in [0.3, 0.4) is 0 Å². The predicted molar refractivity (Wildman–Crippen MR) is 116 cm³/mol. The molecule has 0 spiro atoms. The van der Waals surface area contributed by atoms with E-state index in [0.29, 0.717) is 17.9 Å². The van der Waals surface area contributed by atoms with Crippen LogP contribution in [0.1, 0.15) is 35.2 Å². The maximum absolute atomic E-state index is 12.4. The number of benzene rings is 2. The second kappa shape index (κ2) is 8.47. The van der Waals surface area contributed by atoms with Gasteiger partial charge >= 0.3 is 0 Å². The third kappa shape index (κ3) is 4.26. The number of aromatic hydroxyl groups is 1. The number of carbonyl (C=O) groups excluding carboxylic acids is 1. The van der Waals surface area contributed by atoms with Gasteiger partial charge in [0.05, 0.1) is 18.6 Å². The second-order valence-corrected chi connectivity index (χ2v) is 8.52. The van der Waals surface area contributed by atoms with E-state index < -0.39 is 5.91 Å². The van der Waals surface area contributed by atoms with Gasteiger partial charge in [-0.05, 0) is 56.5 Å². The molecule has 1 fully saturated rings. The lowest BCUT2D eigenvalue weighted by molar-refractivity contribution is -0.927. The minimum absolute atomic E-state index is 0.0524. The van der Waals surface area contributed by atoms with Crippen molar-refractivity contribution >= 4 is 38.4 Å². The van der Waals surface area contributed by atoms with Gasteiger partial charge in [-0.3, -0.25) is 9.36 Å². The van der Waals surface area contributed by atoms with E-state index in [1.165, 1.54) is 24.2 Å². The lowest BCUT2D eigenvalue weighted by atomic mass is 10.1. The first kappa shape index (κ1) is 19.8. The molecule has 3 aromatic rings. The van der Waals surface area contributed by atoms with Crippen LogP contribution in [0, 0.1) is 6.92 Å². The molecular formula is C22H24BrN4O2+. The normalized spacial score (nSPS) is 15.4. The molecule has 7 heteroatoms. The Labute approximate surface area is 178 Å². The number of quaternary nitrogens is 1. The molecule has 1 aromatic heterocycles. The van der Waals surface area contributed by atoms with Crippen molar-refractivity contribution < 1.29 is 14.8 Å². The van der Waals surface area contributed by atoms with E-state index in [9.17, 15) is 9.90 Å². The monoisotopic (exact) mass is 455 g/mol. The number of aryl methyl sites for hydroxylation is 1. The SMILES string of the molecule is Cc1ccc(C(=O)N=Nc2c(O)n(C[NH+]3CCCCC3)c3ccc(Br)cc23)cc1. The molecule has 0 bridgehead atoms. The molecule has 4 rings (SSSR count). The van der Waals surface area contributed by atoms with Crippen LogP contribution in [0.2, 0.25) is 0 Å². The molecule has 2 aromatic carbocycles. The molecule has 1 aliphatic rings. The van der Waals surface area contributed by atoms with Gasteiger partial charge in [0.25, 0.3) is 5.91 Å². The molecule has 2 heterocycles. The van der Waals surface area contributed by atoms with Gasteiger partial charge in [-0.15, -0.1) is 10.2 Å². The maximum Gasteiger partial charge on any atom is 0.295 e. The van der Waals surface area contributed by atoms with Crippen molar-refractivity contribution in [3.05, 3.63) is 58.1 Å². The third-order valence-corrected chi connectivity index (χ3v) is 5.95. The quantitative estimate of drug-likeness (QED) is 0.573. The molecule has 0 unspecified atom stereocenters. The fourth-order valence-corrected chi connectivity index (χ4v) is 4.20. The van der Waals surface area contributed by atoms with Gasteiger partial charge < -0.3 is 10.0 Å². The molecule has 150 valence electrons. The highest BCUT2D eigenvalue weighted by atomic mass is 79.9. The summed E-state index contributed by atoms with van der Waals surface area (Å²) in [7, 11) is 0. The highest BCUT2D eigenvalue weighted by Gasteiger charge is 2.22. The number of aromatic nitrogens is 1. The Kier molecular flexibility index (Phi) is 5.78. The van der Waals surface area contributed by atoms with Gasteiger partial charge in [0, 0.05) is 15.4 Å². The van der Waals surface area contributed by atoms with Crippen molar-refractivity contribution in [3.8, 4) is 5.88 Å². The van der Waals surface area contributed by atoms with E-state index in [0.717, 1.165) is 34.0 Å². The maximum atomic E-state index is 12.4. The number of nitrogens with zero attached hydrogens (tertiary/aromatic N) is 3. The van der Waals surface area contributed by atoms with Crippen LogP contribution < -0.4 is 4.90 Å². The van der Waals surface area contributed by atoms with E-state index in [4.69, 9.17) is 0 Å². The number of azo groups is 1. The molecule has 1 saturated heterocycles. The van der Waals surface area contributed by atoms with Crippen molar-refractivity contribution in [1.82, 2.24) is 4.57 Å². The zero-order valence-corrected chi connectivity index (χ0v) is 17.9. The first-order valence-electron chi connectivity index (χ1n) is 9.90. The van der Waals surface area contributed by atoms with Crippen LogP contribution in [0.5, 0.6) is 5.88 Å². The molecular weight excluding hydrogens is 432 g/mol. The average molecular weight is 456 g/mol. The van der Waals surface area contributed by atoms with Crippen molar-refractivity contribution in [2.45, 2.75) is 32.9 Å². The second-order valence-electron chi connectivity index (χ2n) is 7.60. The molecule has 2 N–H and O–H groups in total. The Hall–Kier alpha value is -2.51. The lowest BCUT2D eigenvalue weighted by Gasteiger charge is -2.24. The third-order valence-electron chi connectivity index (χ3n) is 5.45. The molecule has 0 radical (unpaired) electrons. The van der Waals surface area contributed by atoms with Crippen LogP contribution in [-0.4, -0.2) is 28.7 Å². The number of carbonyl (C=O) groups is 1. The summed E-state index contributed by atoms with van der Waals surface area (Å²) < 4.78 is 2.77. The van der Waals surface area contributed by atoms with Gasteiger partial charge in [0.2, 0.25) is 5.88 Å². The summed E-state index contributed by atoms with van der Waals surface area (Å²) in [5.74, 6) is -0.376. The number of halogens is 1. The standard InChI is InChI=1S/C22H23BrN4O2/c1-15-5-7-16(8-6-15)21(28)25-24-20-18-13-17(23)9-10-19(18)27(22(20)29)14-26-11-3-2-4-12-26/h5-10,13,29H,2-4,11-12,14H2,1H3/p+1. The summed E-state index contributed by atoms with van der Waals surface area (Å²) in [6, 6.07) is 13.0. The summed E-state index contributed by atoms with van der Waals surface area (Å²) in [4.78, 5) is 13.8. The number of hydrogen-bond acceptors (Lipinski definition) is 3.